The van der Waals surface area contributed by atoms with Crippen LogP contribution in [0.5, 0.6) is 0 Å². The SMILES string of the molecule is CC#CC(=O)NC(C)(C(=O)O)C1CC1. The molecule has 0 heterocycles. The van der Waals surface area contributed by atoms with Crippen LogP contribution in [-0.4, -0.2) is 22.5 Å². The van der Waals surface area contributed by atoms with Crippen LogP contribution in [0.3, 0.4) is 0 Å². The van der Waals surface area contributed by atoms with E-state index in [1.165, 1.54) is 13.8 Å². The van der Waals surface area contributed by atoms with Crippen LogP contribution >= 0.6 is 0 Å². The average molecular weight is 195 g/mol. The summed E-state index contributed by atoms with van der Waals surface area (Å²) in [6.07, 6.45) is 1.70. The third-order valence-electron chi connectivity index (χ3n) is 2.45. The standard InChI is InChI=1S/C10H13NO3/c1-3-4-8(12)11-10(2,9(13)14)7-5-6-7/h7H,5-6H2,1-2H3,(H,11,12)(H,13,14). The molecule has 14 heavy (non-hydrogen) atoms. The quantitative estimate of drug-likeness (QED) is 0.640. The molecule has 4 heteroatoms. The van der Waals surface area contributed by atoms with Crippen LogP contribution in [-0.2, 0) is 9.59 Å². The van der Waals surface area contributed by atoms with Crippen molar-refractivity contribution in [3.05, 3.63) is 0 Å². The first-order valence-corrected chi connectivity index (χ1v) is 4.49. The number of aliphatic carboxylic acids is 1. The Morgan fingerprint density at radius 1 is 1.50 bits per heavy atom. The second-order valence-electron chi connectivity index (χ2n) is 3.61. The molecular weight excluding hydrogens is 182 g/mol. The molecule has 1 rings (SSSR count). The molecule has 4 nitrogen and oxygen atoms in total. The molecule has 2 N–H and O–H groups in total. The van der Waals surface area contributed by atoms with Crippen LogP contribution in [0.25, 0.3) is 0 Å². The van der Waals surface area contributed by atoms with Gasteiger partial charge in [-0.25, -0.2) is 4.79 Å². The Morgan fingerprint density at radius 3 is 2.43 bits per heavy atom. The van der Waals surface area contributed by atoms with Gasteiger partial charge < -0.3 is 10.4 Å². The van der Waals surface area contributed by atoms with E-state index in [-0.39, 0.29) is 5.92 Å². The highest BCUT2D eigenvalue weighted by atomic mass is 16.4. The highest BCUT2D eigenvalue weighted by molar-refractivity contribution is 5.97. The van der Waals surface area contributed by atoms with Crippen molar-refractivity contribution in [2.75, 3.05) is 0 Å². The predicted octanol–water partition coefficient (Wildman–Crippen LogP) is 0.379. The maximum atomic E-state index is 11.1. The Morgan fingerprint density at radius 2 is 2.07 bits per heavy atom. The van der Waals surface area contributed by atoms with E-state index in [4.69, 9.17) is 5.11 Å². The largest absolute Gasteiger partial charge is 0.480 e. The average Bonchev–Trinajstić information content (AvgIpc) is 2.85. The van der Waals surface area contributed by atoms with E-state index in [1.807, 2.05) is 0 Å². The van der Waals surface area contributed by atoms with Crippen molar-refractivity contribution < 1.29 is 14.7 Å². The molecule has 0 bridgehead atoms. The number of carboxylic acid groups (broad SMARTS) is 1. The molecule has 76 valence electrons. The Hall–Kier alpha value is -1.50. The highest BCUT2D eigenvalue weighted by Crippen LogP contribution is 2.39. The van der Waals surface area contributed by atoms with Gasteiger partial charge in [0.1, 0.15) is 5.54 Å². The number of nitrogens with one attached hydrogen (secondary N) is 1. The lowest BCUT2D eigenvalue weighted by molar-refractivity contribution is -0.147. The number of rotatable bonds is 3. The molecule has 1 saturated carbocycles. The fraction of sp³-hybridized carbons (Fsp3) is 0.600. The summed E-state index contributed by atoms with van der Waals surface area (Å²) in [5, 5.41) is 11.4. The first-order valence-electron chi connectivity index (χ1n) is 4.49. The van der Waals surface area contributed by atoms with Crippen molar-refractivity contribution in [3.8, 4) is 11.8 Å². The van der Waals surface area contributed by atoms with Gasteiger partial charge >= 0.3 is 5.97 Å². The summed E-state index contributed by atoms with van der Waals surface area (Å²) in [5.74, 6) is 3.23. The molecule has 1 unspecified atom stereocenters. The van der Waals surface area contributed by atoms with Crippen LogP contribution in [0.4, 0.5) is 0 Å². The van der Waals surface area contributed by atoms with E-state index < -0.39 is 17.4 Å². The first-order chi connectivity index (χ1) is 6.50. The number of hydrogen-bond acceptors (Lipinski definition) is 2. The third-order valence-corrected chi connectivity index (χ3v) is 2.45. The summed E-state index contributed by atoms with van der Waals surface area (Å²) in [6, 6.07) is 0. The van der Waals surface area contributed by atoms with Gasteiger partial charge in [0.2, 0.25) is 0 Å². The monoisotopic (exact) mass is 195 g/mol. The van der Waals surface area contributed by atoms with Gasteiger partial charge in [0.25, 0.3) is 5.91 Å². The van der Waals surface area contributed by atoms with Gasteiger partial charge in [0, 0.05) is 0 Å². The van der Waals surface area contributed by atoms with E-state index in [9.17, 15) is 9.59 Å². The summed E-state index contributed by atoms with van der Waals surface area (Å²) in [4.78, 5) is 22.1. The van der Waals surface area contributed by atoms with Crippen molar-refractivity contribution in [3.63, 3.8) is 0 Å². The zero-order chi connectivity index (χ0) is 10.8. The zero-order valence-corrected chi connectivity index (χ0v) is 8.26. The maximum absolute atomic E-state index is 11.1. The molecule has 0 aromatic rings. The molecular formula is C10H13NO3. The summed E-state index contributed by atoms with van der Waals surface area (Å²) < 4.78 is 0. The summed E-state index contributed by atoms with van der Waals surface area (Å²) in [7, 11) is 0. The van der Waals surface area contributed by atoms with Gasteiger partial charge in [-0.3, -0.25) is 4.79 Å². The van der Waals surface area contributed by atoms with Gasteiger partial charge in [-0.05, 0) is 38.5 Å². The number of carboxylic acids is 1. The van der Waals surface area contributed by atoms with Crippen LogP contribution in [0.2, 0.25) is 0 Å². The fourth-order valence-electron chi connectivity index (χ4n) is 1.37. The molecule has 1 amide bonds. The predicted molar refractivity (Wildman–Crippen MR) is 50.4 cm³/mol. The molecule has 0 aliphatic heterocycles. The van der Waals surface area contributed by atoms with Gasteiger partial charge in [-0.1, -0.05) is 5.92 Å². The van der Waals surface area contributed by atoms with Gasteiger partial charge in [0.15, 0.2) is 0 Å². The number of hydrogen-bond donors (Lipinski definition) is 2. The molecule has 0 radical (unpaired) electrons. The summed E-state index contributed by atoms with van der Waals surface area (Å²) in [6.45, 7) is 3.07. The van der Waals surface area contributed by atoms with Crippen LogP contribution in [0.15, 0.2) is 0 Å². The minimum atomic E-state index is -1.15. The minimum Gasteiger partial charge on any atom is -0.480 e. The molecule has 0 saturated heterocycles. The number of carbonyl (C=O) groups excluding carboxylic acids is 1. The molecule has 1 atom stereocenters. The van der Waals surface area contributed by atoms with Crippen molar-refractivity contribution in [1.29, 1.82) is 0 Å². The van der Waals surface area contributed by atoms with E-state index in [0.29, 0.717) is 0 Å². The van der Waals surface area contributed by atoms with Crippen molar-refractivity contribution >= 4 is 11.9 Å². The number of carbonyl (C=O) groups is 2. The van der Waals surface area contributed by atoms with Gasteiger partial charge in [-0.15, -0.1) is 0 Å². The van der Waals surface area contributed by atoms with Crippen LogP contribution in [0, 0.1) is 17.8 Å². The number of amides is 1. The second-order valence-corrected chi connectivity index (χ2v) is 3.61. The molecule has 1 aliphatic rings. The van der Waals surface area contributed by atoms with Crippen LogP contribution in [0.1, 0.15) is 26.7 Å². The molecule has 1 aliphatic carbocycles. The van der Waals surface area contributed by atoms with E-state index in [0.717, 1.165) is 12.8 Å². The molecule has 0 spiro atoms. The smallest absolute Gasteiger partial charge is 0.329 e. The van der Waals surface area contributed by atoms with Crippen molar-refractivity contribution in [2.45, 2.75) is 32.2 Å². The Kier molecular flexibility index (Phi) is 2.80. The van der Waals surface area contributed by atoms with Crippen molar-refractivity contribution in [2.24, 2.45) is 5.92 Å². The zero-order valence-electron chi connectivity index (χ0n) is 8.26. The lowest BCUT2D eigenvalue weighted by atomic mass is 9.96. The van der Waals surface area contributed by atoms with E-state index in [2.05, 4.69) is 17.2 Å². The molecule has 0 aromatic heterocycles. The minimum absolute atomic E-state index is 0.0441. The summed E-state index contributed by atoms with van der Waals surface area (Å²) >= 11 is 0. The van der Waals surface area contributed by atoms with E-state index in [1.54, 1.807) is 0 Å². The Labute approximate surface area is 82.7 Å². The first kappa shape index (κ1) is 10.6. The molecule has 1 fully saturated rings. The van der Waals surface area contributed by atoms with Crippen molar-refractivity contribution in [1.82, 2.24) is 5.32 Å². The van der Waals surface area contributed by atoms with Gasteiger partial charge in [-0.2, -0.15) is 0 Å². The van der Waals surface area contributed by atoms with Gasteiger partial charge in [0.05, 0.1) is 0 Å². The second kappa shape index (κ2) is 3.70. The maximum Gasteiger partial charge on any atom is 0.329 e. The van der Waals surface area contributed by atoms with E-state index >= 15 is 0 Å². The molecule has 0 aromatic carbocycles. The van der Waals surface area contributed by atoms with Crippen LogP contribution < -0.4 is 5.32 Å². The lowest BCUT2D eigenvalue weighted by Crippen LogP contribution is -2.53. The lowest BCUT2D eigenvalue weighted by Gasteiger charge is -2.24. The summed E-state index contributed by atoms with van der Waals surface area (Å²) in [5.41, 5.74) is -1.15. The Balaban J connectivity index is 2.72. The highest BCUT2D eigenvalue weighted by Gasteiger charge is 2.48. The fourth-order valence-corrected chi connectivity index (χ4v) is 1.37. The normalized spacial score (nSPS) is 18.7. The third kappa shape index (κ3) is 2.05. The topological polar surface area (TPSA) is 66.4 Å². The Bertz CT molecular complexity index is 322.